The summed E-state index contributed by atoms with van der Waals surface area (Å²) < 4.78 is 5.39. The summed E-state index contributed by atoms with van der Waals surface area (Å²) in [6, 6.07) is 6.48. The van der Waals surface area contributed by atoms with Gasteiger partial charge in [-0.15, -0.1) is 0 Å². The fourth-order valence-corrected chi connectivity index (χ4v) is 4.56. The van der Waals surface area contributed by atoms with Crippen molar-refractivity contribution in [1.82, 2.24) is 10.6 Å². The molecule has 0 bridgehead atoms. The summed E-state index contributed by atoms with van der Waals surface area (Å²) in [6.07, 6.45) is 4.04. The number of ketones is 1. The largest absolute Gasteiger partial charge is 0.394 e. The van der Waals surface area contributed by atoms with Crippen LogP contribution < -0.4 is 10.6 Å². The van der Waals surface area contributed by atoms with Crippen molar-refractivity contribution in [2.45, 2.75) is 77.0 Å². The number of nitrogens with one attached hydrogen (secondary N) is 2. The second kappa shape index (κ2) is 10.6. The van der Waals surface area contributed by atoms with Crippen LogP contribution in [0.3, 0.4) is 0 Å². The number of fused-ring (bicyclic) bond motifs is 1. The second-order valence-electron chi connectivity index (χ2n) is 9.58. The van der Waals surface area contributed by atoms with Gasteiger partial charge in [0.25, 0.3) is 0 Å². The highest BCUT2D eigenvalue weighted by Gasteiger charge is 2.52. The third kappa shape index (κ3) is 5.95. The molecule has 7 heteroatoms. The molecular formula is C25H36N2O5. The molecule has 4 atom stereocenters. The van der Waals surface area contributed by atoms with Gasteiger partial charge in [0.15, 0.2) is 11.4 Å². The fourth-order valence-electron chi connectivity index (χ4n) is 4.56. The Morgan fingerprint density at radius 2 is 1.84 bits per heavy atom. The highest BCUT2D eigenvalue weighted by Crippen LogP contribution is 2.34. The monoisotopic (exact) mass is 444 g/mol. The Kier molecular flexibility index (Phi) is 8.06. The molecule has 32 heavy (non-hydrogen) atoms. The standard InChI is InChI=1S/C25H36N2O5/c1-4-25(15-32-25)23(30)20(11-16(2)3)27-24(31)21(14-28)26-22(29)13-17-9-10-18-7-5-6-8-19(18)12-17/h5-8,16-17,20-21,28H,4,9-15H2,1-3H3,(H,26,29)(H,27,31). The number of amides is 2. The van der Waals surface area contributed by atoms with Crippen molar-refractivity contribution in [1.29, 1.82) is 0 Å². The molecule has 176 valence electrons. The molecule has 2 amide bonds. The average Bonchev–Trinajstić information content (AvgIpc) is 3.57. The highest BCUT2D eigenvalue weighted by molar-refractivity contribution is 5.98. The van der Waals surface area contributed by atoms with Crippen LogP contribution in [0, 0.1) is 11.8 Å². The Labute approximate surface area is 190 Å². The van der Waals surface area contributed by atoms with Crippen LogP contribution in [0.1, 0.15) is 57.6 Å². The summed E-state index contributed by atoms with van der Waals surface area (Å²) in [5.41, 5.74) is 1.81. The van der Waals surface area contributed by atoms with Crippen LogP contribution in [0.4, 0.5) is 0 Å². The summed E-state index contributed by atoms with van der Waals surface area (Å²) in [6.45, 7) is 5.69. The molecule has 7 nitrogen and oxygen atoms in total. The number of rotatable bonds is 11. The highest BCUT2D eigenvalue weighted by atomic mass is 16.6. The van der Waals surface area contributed by atoms with Gasteiger partial charge in [-0.2, -0.15) is 0 Å². The van der Waals surface area contributed by atoms with E-state index in [1.54, 1.807) is 0 Å². The molecule has 1 aromatic carbocycles. The molecule has 0 aromatic heterocycles. The van der Waals surface area contributed by atoms with Crippen molar-refractivity contribution in [2.24, 2.45) is 11.8 Å². The molecule has 1 heterocycles. The summed E-state index contributed by atoms with van der Waals surface area (Å²) in [7, 11) is 0. The normalized spacial score (nSPS) is 23.7. The molecule has 0 saturated carbocycles. The second-order valence-corrected chi connectivity index (χ2v) is 9.58. The Morgan fingerprint density at radius 3 is 2.44 bits per heavy atom. The van der Waals surface area contributed by atoms with Crippen molar-refractivity contribution < 1.29 is 24.2 Å². The number of benzene rings is 1. The molecule has 3 N–H and O–H groups in total. The number of hydrogen-bond donors (Lipinski definition) is 3. The molecule has 0 spiro atoms. The number of epoxide rings is 1. The SMILES string of the molecule is CCC1(C(=O)C(CC(C)C)NC(=O)C(CO)NC(=O)CC2CCc3ccccc3C2)CO1. The van der Waals surface area contributed by atoms with E-state index in [1.807, 2.05) is 32.9 Å². The van der Waals surface area contributed by atoms with Crippen molar-refractivity contribution in [3.63, 3.8) is 0 Å². The van der Waals surface area contributed by atoms with Crippen molar-refractivity contribution in [2.75, 3.05) is 13.2 Å². The third-order valence-electron chi connectivity index (χ3n) is 6.61. The Bertz CT molecular complexity index is 833. The molecule has 0 radical (unpaired) electrons. The first-order valence-electron chi connectivity index (χ1n) is 11.7. The first-order chi connectivity index (χ1) is 15.3. The molecule has 1 aliphatic carbocycles. The van der Waals surface area contributed by atoms with Crippen LogP contribution in [0.25, 0.3) is 0 Å². The minimum atomic E-state index is -1.08. The summed E-state index contributed by atoms with van der Waals surface area (Å²) in [4.78, 5) is 38.4. The fraction of sp³-hybridized carbons (Fsp3) is 0.640. The molecule has 1 fully saturated rings. The van der Waals surface area contributed by atoms with E-state index in [0.29, 0.717) is 25.9 Å². The van der Waals surface area contributed by atoms with Gasteiger partial charge in [0.05, 0.1) is 19.3 Å². The first kappa shape index (κ1) is 24.4. The minimum Gasteiger partial charge on any atom is -0.394 e. The van der Waals surface area contributed by atoms with Crippen LogP contribution >= 0.6 is 0 Å². The Balaban J connectivity index is 1.56. The maximum atomic E-state index is 12.9. The predicted molar refractivity (Wildman–Crippen MR) is 121 cm³/mol. The van der Waals surface area contributed by atoms with E-state index in [9.17, 15) is 19.5 Å². The lowest BCUT2D eigenvalue weighted by Gasteiger charge is -2.26. The maximum absolute atomic E-state index is 12.9. The number of Topliss-reactive ketones (excluding diaryl/α,β-unsaturated/α-hetero) is 1. The van der Waals surface area contributed by atoms with Crippen molar-refractivity contribution in [3.8, 4) is 0 Å². The van der Waals surface area contributed by atoms with Gasteiger partial charge in [-0.25, -0.2) is 0 Å². The lowest BCUT2D eigenvalue weighted by molar-refractivity contribution is -0.134. The van der Waals surface area contributed by atoms with Gasteiger partial charge < -0.3 is 20.5 Å². The van der Waals surface area contributed by atoms with E-state index in [-0.39, 0.29) is 23.5 Å². The summed E-state index contributed by atoms with van der Waals surface area (Å²) in [5.74, 6) is -0.537. The maximum Gasteiger partial charge on any atom is 0.245 e. The summed E-state index contributed by atoms with van der Waals surface area (Å²) in [5, 5.41) is 15.2. The zero-order valence-corrected chi connectivity index (χ0v) is 19.4. The van der Waals surface area contributed by atoms with Crippen LogP contribution in [0.5, 0.6) is 0 Å². The molecule has 1 aromatic rings. The van der Waals surface area contributed by atoms with E-state index in [4.69, 9.17) is 4.74 Å². The molecule has 3 rings (SSSR count). The van der Waals surface area contributed by atoms with Crippen LogP contribution in [-0.2, 0) is 32.0 Å². The van der Waals surface area contributed by atoms with E-state index in [1.165, 1.54) is 11.1 Å². The van der Waals surface area contributed by atoms with Crippen molar-refractivity contribution in [3.05, 3.63) is 35.4 Å². The summed E-state index contributed by atoms with van der Waals surface area (Å²) >= 11 is 0. The number of aliphatic hydroxyl groups excluding tert-OH is 1. The van der Waals surface area contributed by atoms with Gasteiger partial charge in [0, 0.05) is 6.42 Å². The number of aryl methyl sites for hydroxylation is 1. The third-order valence-corrected chi connectivity index (χ3v) is 6.61. The lowest BCUT2D eigenvalue weighted by Crippen LogP contribution is -2.55. The Morgan fingerprint density at radius 1 is 1.16 bits per heavy atom. The average molecular weight is 445 g/mol. The molecule has 1 aliphatic heterocycles. The van der Waals surface area contributed by atoms with E-state index in [2.05, 4.69) is 22.8 Å². The van der Waals surface area contributed by atoms with Gasteiger partial charge in [0.1, 0.15) is 6.04 Å². The van der Waals surface area contributed by atoms with E-state index >= 15 is 0 Å². The Hall–Kier alpha value is -2.25. The topological polar surface area (TPSA) is 108 Å². The van der Waals surface area contributed by atoms with Gasteiger partial charge >= 0.3 is 0 Å². The smallest absolute Gasteiger partial charge is 0.245 e. The van der Waals surface area contributed by atoms with Gasteiger partial charge in [-0.05, 0) is 55.1 Å². The number of hydrogen-bond acceptors (Lipinski definition) is 5. The van der Waals surface area contributed by atoms with Crippen LogP contribution in [0.2, 0.25) is 0 Å². The van der Waals surface area contributed by atoms with Crippen molar-refractivity contribution >= 4 is 17.6 Å². The number of ether oxygens (including phenoxy) is 1. The predicted octanol–water partition coefficient (Wildman–Crippen LogP) is 1.94. The number of carbonyl (C=O) groups is 3. The lowest BCUT2D eigenvalue weighted by atomic mass is 9.82. The van der Waals surface area contributed by atoms with E-state index in [0.717, 1.165) is 19.3 Å². The molecule has 1 saturated heterocycles. The number of carbonyl (C=O) groups excluding carboxylic acids is 3. The van der Waals surface area contributed by atoms with E-state index < -0.39 is 30.2 Å². The number of aliphatic hydroxyl groups is 1. The van der Waals surface area contributed by atoms with Gasteiger partial charge in [-0.1, -0.05) is 45.0 Å². The van der Waals surface area contributed by atoms with Gasteiger partial charge in [0.2, 0.25) is 11.8 Å². The first-order valence-corrected chi connectivity index (χ1v) is 11.7. The zero-order chi connectivity index (χ0) is 23.3. The van der Waals surface area contributed by atoms with Gasteiger partial charge in [-0.3, -0.25) is 14.4 Å². The van der Waals surface area contributed by atoms with Crippen LogP contribution in [0.15, 0.2) is 24.3 Å². The molecular weight excluding hydrogens is 408 g/mol. The quantitative estimate of drug-likeness (QED) is 0.452. The van der Waals surface area contributed by atoms with Crippen LogP contribution in [-0.4, -0.2) is 53.6 Å². The zero-order valence-electron chi connectivity index (χ0n) is 19.4. The minimum absolute atomic E-state index is 0.133. The molecule has 2 aliphatic rings. The molecule has 4 unspecified atom stereocenters.